The highest BCUT2D eigenvalue weighted by molar-refractivity contribution is 6.24. The summed E-state index contributed by atoms with van der Waals surface area (Å²) >= 11 is 0. The van der Waals surface area contributed by atoms with Gasteiger partial charge in [0.05, 0.1) is 23.1 Å². The lowest BCUT2D eigenvalue weighted by molar-refractivity contribution is -0.136. The predicted molar refractivity (Wildman–Crippen MR) is 167 cm³/mol. The summed E-state index contributed by atoms with van der Waals surface area (Å²) < 4.78 is 0. The van der Waals surface area contributed by atoms with Crippen LogP contribution in [0, 0.1) is 0 Å². The van der Waals surface area contributed by atoms with E-state index < -0.39 is 35.6 Å². The number of nitrogens with zero attached hydrogens (tertiary/aromatic N) is 1. The van der Waals surface area contributed by atoms with Crippen molar-refractivity contribution >= 4 is 46.2 Å². The Kier molecular flexibility index (Phi) is 7.19. The standard InChI is InChI=1S/C36H30N4O6/c41-30-15-14-29(33(44)38-30)40-34(45)27-13-10-24(18-28(27)35(40)46)32(43)37-20-21-8-11-25(12-9-21)36(16-17-36)39-31(42)19-23-6-3-5-22-4-1-2-7-26(22)23/h1-13,18,29H,14-17,19-20H2,(H,37,43)(H,39,42)(H,38,41,44). The topological polar surface area (TPSA) is 142 Å². The van der Waals surface area contributed by atoms with E-state index in [2.05, 4.69) is 16.0 Å². The molecule has 1 atom stereocenters. The lowest BCUT2D eigenvalue weighted by atomic mass is 10.00. The first-order valence-corrected chi connectivity index (χ1v) is 15.2. The molecule has 7 rings (SSSR count). The third-order valence-corrected chi connectivity index (χ3v) is 9.02. The van der Waals surface area contributed by atoms with Gasteiger partial charge in [-0.2, -0.15) is 0 Å². The zero-order valence-corrected chi connectivity index (χ0v) is 24.8. The van der Waals surface area contributed by atoms with Gasteiger partial charge in [-0.15, -0.1) is 0 Å². The van der Waals surface area contributed by atoms with Crippen molar-refractivity contribution in [3.8, 4) is 0 Å². The molecular weight excluding hydrogens is 584 g/mol. The average molecular weight is 615 g/mol. The van der Waals surface area contributed by atoms with E-state index in [1.165, 1.54) is 18.2 Å². The second kappa shape index (κ2) is 11.4. The van der Waals surface area contributed by atoms with E-state index in [1.54, 1.807) is 0 Å². The van der Waals surface area contributed by atoms with Gasteiger partial charge in [0.15, 0.2) is 0 Å². The third-order valence-electron chi connectivity index (χ3n) is 9.02. The zero-order chi connectivity index (χ0) is 32.0. The maximum absolute atomic E-state index is 13.1. The van der Waals surface area contributed by atoms with Crippen molar-refractivity contribution in [2.75, 3.05) is 0 Å². The highest BCUT2D eigenvalue weighted by atomic mass is 16.2. The first-order valence-electron chi connectivity index (χ1n) is 15.2. The Bertz CT molecular complexity index is 1960. The van der Waals surface area contributed by atoms with Crippen LogP contribution in [-0.4, -0.2) is 46.4 Å². The molecule has 0 spiro atoms. The summed E-state index contributed by atoms with van der Waals surface area (Å²) in [5, 5.41) is 10.4. The lowest BCUT2D eigenvalue weighted by Crippen LogP contribution is -2.54. The number of rotatable bonds is 8. The number of benzene rings is 4. The molecule has 4 aromatic carbocycles. The summed E-state index contributed by atoms with van der Waals surface area (Å²) in [5.74, 6) is -2.88. The molecule has 0 aromatic heterocycles. The van der Waals surface area contributed by atoms with Gasteiger partial charge in [-0.1, -0.05) is 66.7 Å². The normalized spacial score (nSPS) is 18.3. The van der Waals surface area contributed by atoms with E-state index >= 15 is 0 Å². The molecule has 6 amide bonds. The van der Waals surface area contributed by atoms with Crippen molar-refractivity contribution in [3.63, 3.8) is 0 Å². The van der Waals surface area contributed by atoms with E-state index in [4.69, 9.17) is 0 Å². The van der Waals surface area contributed by atoms with Gasteiger partial charge in [0, 0.05) is 18.5 Å². The SMILES string of the molecule is O=C1CCC(N2C(=O)c3ccc(C(=O)NCc4ccc(C5(NC(=O)Cc6cccc7ccccc67)CC5)cc4)cc3C2=O)C(=O)N1. The average Bonchev–Trinajstić information content (AvgIpc) is 3.80. The molecule has 2 fully saturated rings. The van der Waals surface area contributed by atoms with Crippen LogP contribution in [0.25, 0.3) is 10.8 Å². The number of nitrogens with one attached hydrogen (secondary N) is 3. The molecule has 0 bridgehead atoms. The molecule has 10 heteroatoms. The molecule has 10 nitrogen and oxygen atoms in total. The Morgan fingerprint density at radius 1 is 0.848 bits per heavy atom. The second-order valence-electron chi connectivity index (χ2n) is 12.0. The summed E-state index contributed by atoms with van der Waals surface area (Å²) in [4.78, 5) is 76.8. The van der Waals surface area contributed by atoms with Gasteiger partial charge >= 0.3 is 0 Å². The van der Waals surface area contributed by atoms with Crippen molar-refractivity contribution in [2.24, 2.45) is 0 Å². The number of carbonyl (C=O) groups is 6. The lowest BCUT2D eigenvalue weighted by Gasteiger charge is -2.27. The zero-order valence-electron chi connectivity index (χ0n) is 24.8. The first kappa shape index (κ1) is 29.1. The third kappa shape index (κ3) is 5.32. The van der Waals surface area contributed by atoms with Crippen molar-refractivity contribution in [3.05, 3.63) is 118 Å². The van der Waals surface area contributed by atoms with E-state index in [1.807, 2.05) is 66.7 Å². The molecule has 1 aliphatic carbocycles. The van der Waals surface area contributed by atoms with Crippen LogP contribution in [0.1, 0.15) is 73.4 Å². The van der Waals surface area contributed by atoms with Crippen molar-refractivity contribution in [1.29, 1.82) is 0 Å². The van der Waals surface area contributed by atoms with E-state index in [0.717, 1.165) is 45.2 Å². The predicted octanol–water partition coefficient (Wildman–Crippen LogP) is 3.52. The summed E-state index contributed by atoms with van der Waals surface area (Å²) in [5.41, 5.74) is 2.82. The van der Waals surface area contributed by atoms with E-state index in [9.17, 15) is 28.8 Å². The fourth-order valence-electron chi connectivity index (χ4n) is 6.38. The number of hydrogen-bond acceptors (Lipinski definition) is 6. The minimum absolute atomic E-state index is 0.0277. The summed E-state index contributed by atoms with van der Waals surface area (Å²) in [7, 11) is 0. The number of hydrogen-bond donors (Lipinski definition) is 3. The van der Waals surface area contributed by atoms with Crippen LogP contribution in [0.4, 0.5) is 0 Å². The first-order chi connectivity index (χ1) is 22.2. The molecule has 3 aliphatic rings. The van der Waals surface area contributed by atoms with Crippen LogP contribution >= 0.6 is 0 Å². The van der Waals surface area contributed by atoms with Crippen LogP contribution in [0.2, 0.25) is 0 Å². The van der Waals surface area contributed by atoms with Gasteiger partial charge in [-0.3, -0.25) is 39.0 Å². The Hall–Kier alpha value is -5.64. The van der Waals surface area contributed by atoms with Crippen LogP contribution < -0.4 is 16.0 Å². The summed E-state index contributed by atoms with van der Waals surface area (Å²) in [6.45, 7) is 0.228. The molecule has 2 aliphatic heterocycles. The molecule has 1 unspecified atom stereocenters. The van der Waals surface area contributed by atoms with Gasteiger partial charge in [0.25, 0.3) is 17.7 Å². The van der Waals surface area contributed by atoms with Crippen LogP contribution in [0.5, 0.6) is 0 Å². The maximum Gasteiger partial charge on any atom is 0.262 e. The van der Waals surface area contributed by atoms with Crippen LogP contribution in [0.15, 0.2) is 84.9 Å². The summed E-state index contributed by atoms with van der Waals surface area (Å²) in [6.07, 6.45) is 2.08. The van der Waals surface area contributed by atoms with Crippen molar-refractivity contribution in [2.45, 2.75) is 50.2 Å². The smallest absolute Gasteiger partial charge is 0.262 e. The number of piperidine rings is 1. The van der Waals surface area contributed by atoms with E-state index in [0.29, 0.717) is 6.42 Å². The van der Waals surface area contributed by atoms with Gasteiger partial charge in [0.2, 0.25) is 17.7 Å². The monoisotopic (exact) mass is 614 g/mol. The van der Waals surface area contributed by atoms with E-state index in [-0.39, 0.29) is 47.5 Å². The number of carbonyl (C=O) groups excluding carboxylic acids is 6. The van der Waals surface area contributed by atoms with Gasteiger partial charge < -0.3 is 10.6 Å². The molecule has 4 aromatic rings. The Balaban J connectivity index is 0.968. The minimum atomic E-state index is -1.07. The Labute approximate surface area is 264 Å². The summed E-state index contributed by atoms with van der Waals surface area (Å²) in [6, 6.07) is 25.0. The Morgan fingerprint density at radius 3 is 2.35 bits per heavy atom. The number of fused-ring (bicyclic) bond motifs is 2. The highest BCUT2D eigenvalue weighted by Gasteiger charge is 2.46. The van der Waals surface area contributed by atoms with Gasteiger partial charge in [0.1, 0.15) is 6.04 Å². The molecule has 230 valence electrons. The highest BCUT2D eigenvalue weighted by Crippen LogP contribution is 2.45. The Morgan fingerprint density at radius 2 is 1.59 bits per heavy atom. The molecule has 1 saturated carbocycles. The number of imide groups is 2. The largest absolute Gasteiger partial charge is 0.348 e. The second-order valence-corrected chi connectivity index (χ2v) is 12.0. The molecular formula is C36H30N4O6. The fraction of sp³-hybridized carbons (Fsp3) is 0.222. The van der Waals surface area contributed by atoms with Crippen LogP contribution in [0.3, 0.4) is 0 Å². The van der Waals surface area contributed by atoms with Crippen LogP contribution in [-0.2, 0) is 32.9 Å². The molecule has 1 saturated heterocycles. The number of amides is 6. The van der Waals surface area contributed by atoms with Crippen molar-refractivity contribution < 1.29 is 28.8 Å². The van der Waals surface area contributed by atoms with Gasteiger partial charge in [-0.05, 0) is 64.9 Å². The van der Waals surface area contributed by atoms with Gasteiger partial charge in [-0.25, -0.2) is 0 Å². The van der Waals surface area contributed by atoms with Crippen molar-refractivity contribution in [1.82, 2.24) is 20.9 Å². The molecule has 46 heavy (non-hydrogen) atoms. The minimum Gasteiger partial charge on any atom is -0.348 e. The maximum atomic E-state index is 13.1. The fourth-order valence-corrected chi connectivity index (χ4v) is 6.38. The molecule has 0 radical (unpaired) electrons. The quantitative estimate of drug-likeness (QED) is 0.260. The molecule has 3 N–H and O–H groups in total. The molecule has 2 heterocycles.